The van der Waals surface area contributed by atoms with Gasteiger partial charge in [0.15, 0.2) is 5.58 Å². The van der Waals surface area contributed by atoms with Crippen molar-refractivity contribution in [1.29, 1.82) is 0 Å². The average molecular weight is 416 g/mol. The molecule has 31 heavy (non-hydrogen) atoms. The van der Waals surface area contributed by atoms with Crippen molar-refractivity contribution in [3.8, 4) is 23.0 Å². The summed E-state index contributed by atoms with van der Waals surface area (Å²) < 4.78 is 16.9. The minimum absolute atomic E-state index is 0.135. The van der Waals surface area contributed by atoms with Crippen LogP contribution in [0.1, 0.15) is 30.6 Å². The summed E-state index contributed by atoms with van der Waals surface area (Å²) in [5.41, 5.74) is 3.31. The Labute approximate surface area is 180 Å². The molecule has 1 amide bonds. The Bertz CT molecular complexity index is 1200. The average Bonchev–Trinajstić information content (AvgIpc) is 3.23. The van der Waals surface area contributed by atoms with Crippen LogP contribution in [-0.2, 0) is 0 Å². The fraction of sp³-hybridized carbons (Fsp3) is 0.200. The summed E-state index contributed by atoms with van der Waals surface area (Å²) in [5, 5.41) is 2.91. The van der Waals surface area contributed by atoms with Crippen molar-refractivity contribution in [2.75, 3.05) is 12.4 Å². The van der Waals surface area contributed by atoms with Gasteiger partial charge in [0.2, 0.25) is 5.89 Å². The molecule has 158 valence electrons. The molecule has 3 aromatic carbocycles. The lowest BCUT2D eigenvalue weighted by molar-refractivity contribution is 0.102. The number of anilines is 1. The van der Waals surface area contributed by atoms with Crippen molar-refractivity contribution in [3.05, 3.63) is 72.3 Å². The highest BCUT2D eigenvalue weighted by Crippen LogP contribution is 2.28. The summed E-state index contributed by atoms with van der Waals surface area (Å²) >= 11 is 0. The minimum Gasteiger partial charge on any atom is -0.497 e. The number of ether oxygens (including phenoxy) is 2. The van der Waals surface area contributed by atoms with E-state index in [0.29, 0.717) is 28.2 Å². The number of amides is 1. The molecule has 0 radical (unpaired) electrons. The Morgan fingerprint density at radius 2 is 1.87 bits per heavy atom. The van der Waals surface area contributed by atoms with E-state index in [-0.39, 0.29) is 12.0 Å². The molecule has 0 aliphatic rings. The molecule has 1 N–H and O–H groups in total. The van der Waals surface area contributed by atoms with E-state index in [1.807, 2.05) is 43.3 Å². The lowest BCUT2D eigenvalue weighted by atomic mass is 10.2. The molecule has 0 aliphatic carbocycles. The smallest absolute Gasteiger partial charge is 0.255 e. The number of oxazole rings is 1. The molecule has 1 aromatic heterocycles. The van der Waals surface area contributed by atoms with Crippen LogP contribution in [-0.4, -0.2) is 24.1 Å². The zero-order valence-electron chi connectivity index (χ0n) is 17.7. The molecule has 1 atom stereocenters. The standard InChI is InChI=1S/C25H24N2O4/c1-4-16(2)30-20-11-8-17(9-12-20)24(28)26-19-10-13-23-22(15-19)27-25(31-23)18-6-5-7-21(14-18)29-3/h5-16H,4H2,1-3H3,(H,26,28)/t16-/m0/s1. The van der Waals surface area contributed by atoms with Gasteiger partial charge in [-0.1, -0.05) is 13.0 Å². The molecule has 4 aromatic rings. The fourth-order valence-electron chi connectivity index (χ4n) is 3.09. The molecule has 0 spiro atoms. The van der Waals surface area contributed by atoms with Crippen LogP contribution >= 0.6 is 0 Å². The number of aromatic nitrogens is 1. The number of hydrogen-bond acceptors (Lipinski definition) is 5. The number of methoxy groups -OCH3 is 1. The first-order chi connectivity index (χ1) is 15.1. The largest absolute Gasteiger partial charge is 0.497 e. The van der Waals surface area contributed by atoms with Crippen molar-refractivity contribution in [2.24, 2.45) is 0 Å². The molecule has 0 unspecified atom stereocenters. The highest BCUT2D eigenvalue weighted by molar-refractivity contribution is 6.05. The predicted molar refractivity (Wildman–Crippen MR) is 121 cm³/mol. The highest BCUT2D eigenvalue weighted by Gasteiger charge is 2.12. The molecule has 4 rings (SSSR count). The predicted octanol–water partition coefficient (Wildman–Crippen LogP) is 5.93. The minimum atomic E-state index is -0.203. The zero-order chi connectivity index (χ0) is 21.8. The second-order valence-corrected chi connectivity index (χ2v) is 7.25. The first-order valence-electron chi connectivity index (χ1n) is 10.2. The van der Waals surface area contributed by atoms with Gasteiger partial charge in [0, 0.05) is 16.8 Å². The maximum atomic E-state index is 12.6. The SMILES string of the molecule is CC[C@H](C)Oc1ccc(C(=O)Nc2ccc3oc(-c4cccc(OC)c4)nc3c2)cc1. The molecular formula is C25H24N2O4. The van der Waals surface area contributed by atoms with Gasteiger partial charge in [-0.3, -0.25) is 4.79 Å². The van der Waals surface area contributed by atoms with Crippen LogP contribution in [0, 0.1) is 0 Å². The Morgan fingerprint density at radius 1 is 1.06 bits per heavy atom. The Kier molecular flexibility index (Phi) is 5.89. The van der Waals surface area contributed by atoms with Crippen LogP contribution in [0.15, 0.2) is 71.1 Å². The van der Waals surface area contributed by atoms with Gasteiger partial charge >= 0.3 is 0 Å². The van der Waals surface area contributed by atoms with Crippen LogP contribution < -0.4 is 14.8 Å². The number of nitrogens with one attached hydrogen (secondary N) is 1. The van der Waals surface area contributed by atoms with Gasteiger partial charge in [-0.25, -0.2) is 4.98 Å². The number of nitrogens with zero attached hydrogens (tertiary/aromatic N) is 1. The van der Waals surface area contributed by atoms with Crippen LogP contribution in [0.4, 0.5) is 5.69 Å². The van der Waals surface area contributed by atoms with Crippen molar-refractivity contribution >= 4 is 22.7 Å². The normalized spacial score (nSPS) is 11.8. The van der Waals surface area contributed by atoms with E-state index in [1.165, 1.54) is 0 Å². The molecule has 0 saturated carbocycles. The number of hydrogen-bond donors (Lipinski definition) is 1. The van der Waals surface area contributed by atoms with Crippen LogP contribution in [0.25, 0.3) is 22.6 Å². The molecule has 1 heterocycles. The topological polar surface area (TPSA) is 73.6 Å². The van der Waals surface area contributed by atoms with E-state index in [4.69, 9.17) is 13.9 Å². The third-order valence-corrected chi connectivity index (χ3v) is 4.99. The van der Waals surface area contributed by atoms with Crippen LogP contribution in [0.2, 0.25) is 0 Å². The first-order valence-corrected chi connectivity index (χ1v) is 10.2. The summed E-state index contributed by atoms with van der Waals surface area (Å²) in [6.45, 7) is 4.08. The van der Waals surface area contributed by atoms with Crippen molar-refractivity contribution in [1.82, 2.24) is 4.98 Å². The van der Waals surface area contributed by atoms with E-state index in [2.05, 4.69) is 17.2 Å². The van der Waals surface area contributed by atoms with E-state index in [0.717, 1.165) is 23.5 Å². The van der Waals surface area contributed by atoms with Gasteiger partial charge in [0.25, 0.3) is 5.91 Å². The van der Waals surface area contributed by atoms with E-state index >= 15 is 0 Å². The number of carbonyl (C=O) groups is 1. The molecule has 0 fully saturated rings. The van der Waals surface area contributed by atoms with Gasteiger partial charge in [-0.15, -0.1) is 0 Å². The monoisotopic (exact) mass is 416 g/mol. The quantitative estimate of drug-likeness (QED) is 0.404. The van der Waals surface area contributed by atoms with E-state index in [9.17, 15) is 4.79 Å². The fourth-order valence-corrected chi connectivity index (χ4v) is 3.09. The summed E-state index contributed by atoms with van der Waals surface area (Å²) in [6.07, 6.45) is 1.06. The second-order valence-electron chi connectivity index (χ2n) is 7.25. The van der Waals surface area contributed by atoms with Gasteiger partial charge < -0.3 is 19.2 Å². The third-order valence-electron chi connectivity index (χ3n) is 4.99. The van der Waals surface area contributed by atoms with E-state index in [1.54, 1.807) is 37.4 Å². The van der Waals surface area contributed by atoms with Crippen molar-refractivity contribution in [2.45, 2.75) is 26.4 Å². The lowest BCUT2D eigenvalue weighted by Gasteiger charge is -2.12. The van der Waals surface area contributed by atoms with E-state index < -0.39 is 0 Å². The van der Waals surface area contributed by atoms with Gasteiger partial charge in [0.1, 0.15) is 17.0 Å². The summed E-state index contributed by atoms with van der Waals surface area (Å²) in [4.78, 5) is 17.2. The number of benzene rings is 3. The summed E-state index contributed by atoms with van der Waals surface area (Å²) in [7, 11) is 1.62. The summed E-state index contributed by atoms with van der Waals surface area (Å²) in [6, 6.07) is 20.0. The molecule has 6 heteroatoms. The number of fused-ring (bicyclic) bond motifs is 1. The Balaban J connectivity index is 1.50. The van der Waals surface area contributed by atoms with Crippen LogP contribution in [0.3, 0.4) is 0 Å². The zero-order valence-corrected chi connectivity index (χ0v) is 17.7. The summed E-state index contributed by atoms with van der Waals surface area (Å²) in [5.74, 6) is 1.77. The maximum absolute atomic E-state index is 12.6. The molecular weight excluding hydrogens is 392 g/mol. The Morgan fingerprint density at radius 3 is 2.61 bits per heavy atom. The lowest BCUT2D eigenvalue weighted by Crippen LogP contribution is -2.12. The number of rotatable bonds is 7. The second kappa shape index (κ2) is 8.92. The molecule has 0 aliphatic heterocycles. The molecule has 0 saturated heterocycles. The van der Waals surface area contributed by atoms with Crippen molar-refractivity contribution < 1.29 is 18.7 Å². The van der Waals surface area contributed by atoms with Gasteiger partial charge in [0.05, 0.1) is 13.2 Å². The van der Waals surface area contributed by atoms with Gasteiger partial charge in [-0.2, -0.15) is 0 Å². The third kappa shape index (κ3) is 4.69. The number of carbonyl (C=O) groups excluding carboxylic acids is 1. The first kappa shape index (κ1) is 20.5. The van der Waals surface area contributed by atoms with Crippen LogP contribution in [0.5, 0.6) is 11.5 Å². The Hall–Kier alpha value is -3.80. The molecule has 0 bridgehead atoms. The molecule has 6 nitrogen and oxygen atoms in total. The maximum Gasteiger partial charge on any atom is 0.255 e. The highest BCUT2D eigenvalue weighted by atomic mass is 16.5. The van der Waals surface area contributed by atoms with Gasteiger partial charge in [-0.05, 0) is 74.0 Å². The van der Waals surface area contributed by atoms with Crippen molar-refractivity contribution in [3.63, 3.8) is 0 Å².